The zero-order valence-electron chi connectivity index (χ0n) is 17.1. The number of nitrogens with zero attached hydrogens (tertiary/aromatic N) is 1. The van der Waals surface area contributed by atoms with Crippen LogP contribution in [0.4, 0.5) is 0 Å². The highest BCUT2D eigenvalue weighted by Gasteiger charge is 2.22. The lowest BCUT2D eigenvalue weighted by Gasteiger charge is -2.17. The fourth-order valence-electron chi connectivity index (χ4n) is 3.70. The zero-order chi connectivity index (χ0) is 19.8. The molecule has 28 heavy (non-hydrogen) atoms. The molecule has 4 heteroatoms. The Bertz CT molecular complexity index is 730. The summed E-state index contributed by atoms with van der Waals surface area (Å²) in [6, 6.07) is 16.1. The molecule has 4 nitrogen and oxygen atoms in total. The third kappa shape index (κ3) is 5.43. The molecule has 1 fully saturated rings. The SMILES string of the molecule is CCN(CC)CCCOc1ccc(-c2ccc(C(=O)C3CCCN3)cc2)cc1. The summed E-state index contributed by atoms with van der Waals surface area (Å²) in [5, 5.41) is 3.27. The van der Waals surface area contributed by atoms with Gasteiger partial charge in [-0.15, -0.1) is 0 Å². The van der Waals surface area contributed by atoms with Gasteiger partial charge in [-0.2, -0.15) is 0 Å². The highest BCUT2D eigenvalue weighted by Crippen LogP contribution is 2.24. The Labute approximate surface area is 168 Å². The van der Waals surface area contributed by atoms with Gasteiger partial charge in [0.2, 0.25) is 0 Å². The molecule has 1 aliphatic rings. The first-order valence-corrected chi connectivity index (χ1v) is 10.5. The van der Waals surface area contributed by atoms with Crippen molar-refractivity contribution >= 4 is 5.78 Å². The maximum atomic E-state index is 12.5. The second-order valence-electron chi connectivity index (χ2n) is 7.34. The molecular formula is C24H32N2O2. The first kappa shape index (κ1) is 20.6. The number of Topliss-reactive ketones (excluding diaryl/α,β-unsaturated/α-hetero) is 1. The van der Waals surface area contributed by atoms with E-state index in [0.717, 1.165) is 74.5 Å². The monoisotopic (exact) mass is 380 g/mol. The van der Waals surface area contributed by atoms with Gasteiger partial charge in [0, 0.05) is 12.1 Å². The zero-order valence-corrected chi connectivity index (χ0v) is 17.1. The highest BCUT2D eigenvalue weighted by atomic mass is 16.5. The third-order valence-corrected chi connectivity index (χ3v) is 5.52. The van der Waals surface area contributed by atoms with E-state index < -0.39 is 0 Å². The Hall–Kier alpha value is -2.17. The molecule has 1 N–H and O–H groups in total. The van der Waals surface area contributed by atoms with E-state index in [1.807, 2.05) is 36.4 Å². The number of benzene rings is 2. The Morgan fingerprint density at radius 1 is 1.04 bits per heavy atom. The van der Waals surface area contributed by atoms with Gasteiger partial charge < -0.3 is 15.0 Å². The second-order valence-corrected chi connectivity index (χ2v) is 7.34. The summed E-state index contributed by atoms with van der Waals surface area (Å²) in [4.78, 5) is 14.9. The summed E-state index contributed by atoms with van der Waals surface area (Å²) in [6.45, 7) is 9.32. The predicted octanol–water partition coefficient (Wildman–Crippen LogP) is 4.40. The van der Waals surface area contributed by atoms with Gasteiger partial charge in [-0.05, 0) is 62.2 Å². The summed E-state index contributed by atoms with van der Waals surface area (Å²) < 4.78 is 5.87. The molecule has 0 aliphatic carbocycles. The minimum Gasteiger partial charge on any atom is -0.494 e. The molecule has 0 radical (unpaired) electrons. The van der Waals surface area contributed by atoms with Gasteiger partial charge >= 0.3 is 0 Å². The molecule has 1 heterocycles. The topological polar surface area (TPSA) is 41.6 Å². The van der Waals surface area contributed by atoms with Crippen LogP contribution < -0.4 is 10.1 Å². The molecule has 0 amide bonds. The van der Waals surface area contributed by atoms with E-state index >= 15 is 0 Å². The molecule has 1 aliphatic heterocycles. The fraction of sp³-hybridized carbons (Fsp3) is 0.458. The molecule has 0 spiro atoms. The van der Waals surface area contributed by atoms with Crippen molar-refractivity contribution in [1.29, 1.82) is 0 Å². The molecular weight excluding hydrogens is 348 g/mol. The Balaban J connectivity index is 1.52. The van der Waals surface area contributed by atoms with Crippen LogP contribution >= 0.6 is 0 Å². The van der Waals surface area contributed by atoms with Crippen molar-refractivity contribution in [2.24, 2.45) is 0 Å². The van der Waals surface area contributed by atoms with Gasteiger partial charge in [-0.3, -0.25) is 4.79 Å². The largest absolute Gasteiger partial charge is 0.494 e. The Morgan fingerprint density at radius 2 is 1.68 bits per heavy atom. The number of carbonyl (C=O) groups is 1. The van der Waals surface area contributed by atoms with E-state index in [4.69, 9.17) is 4.74 Å². The van der Waals surface area contributed by atoms with Gasteiger partial charge in [-0.1, -0.05) is 50.2 Å². The van der Waals surface area contributed by atoms with E-state index in [-0.39, 0.29) is 11.8 Å². The average molecular weight is 381 g/mol. The van der Waals surface area contributed by atoms with Crippen molar-refractivity contribution < 1.29 is 9.53 Å². The van der Waals surface area contributed by atoms with Crippen molar-refractivity contribution in [3.8, 4) is 16.9 Å². The molecule has 3 rings (SSSR count). The van der Waals surface area contributed by atoms with Crippen LogP contribution in [0.5, 0.6) is 5.75 Å². The molecule has 2 aromatic carbocycles. The van der Waals surface area contributed by atoms with Crippen LogP contribution in [0.1, 0.15) is 43.5 Å². The minimum atomic E-state index is -0.0102. The normalized spacial score (nSPS) is 16.5. The van der Waals surface area contributed by atoms with E-state index in [2.05, 4.69) is 36.2 Å². The summed E-state index contributed by atoms with van der Waals surface area (Å²) >= 11 is 0. The standard InChI is InChI=1S/C24H32N2O2/c1-3-26(4-2)17-6-18-28-22-14-12-20(13-15-22)19-8-10-21(11-9-19)24(27)23-7-5-16-25-23/h8-15,23,25H,3-7,16-18H2,1-2H3. The van der Waals surface area contributed by atoms with Crippen molar-refractivity contribution in [2.75, 3.05) is 32.8 Å². The first-order valence-electron chi connectivity index (χ1n) is 10.5. The quantitative estimate of drug-likeness (QED) is 0.490. The lowest BCUT2D eigenvalue weighted by Crippen LogP contribution is -2.30. The number of carbonyl (C=O) groups excluding carboxylic acids is 1. The molecule has 150 valence electrons. The van der Waals surface area contributed by atoms with Crippen molar-refractivity contribution in [3.05, 3.63) is 54.1 Å². The number of ether oxygens (including phenoxy) is 1. The average Bonchev–Trinajstić information content (AvgIpc) is 3.29. The number of hydrogen-bond acceptors (Lipinski definition) is 4. The van der Waals surface area contributed by atoms with Crippen LogP contribution in [0.25, 0.3) is 11.1 Å². The lowest BCUT2D eigenvalue weighted by molar-refractivity contribution is 0.0952. The van der Waals surface area contributed by atoms with Gasteiger partial charge in [-0.25, -0.2) is 0 Å². The Morgan fingerprint density at radius 3 is 2.25 bits per heavy atom. The van der Waals surface area contributed by atoms with Crippen LogP contribution in [0.15, 0.2) is 48.5 Å². The number of ketones is 1. The first-order chi connectivity index (χ1) is 13.7. The molecule has 2 aromatic rings. The van der Waals surface area contributed by atoms with Crippen LogP contribution in [-0.4, -0.2) is 49.5 Å². The fourth-order valence-corrected chi connectivity index (χ4v) is 3.70. The number of rotatable bonds is 10. The van der Waals surface area contributed by atoms with E-state index in [1.54, 1.807) is 0 Å². The predicted molar refractivity (Wildman–Crippen MR) is 115 cm³/mol. The Kier molecular flexibility index (Phi) is 7.63. The summed E-state index contributed by atoms with van der Waals surface area (Å²) in [5.41, 5.74) is 3.04. The number of nitrogens with one attached hydrogen (secondary N) is 1. The van der Waals surface area contributed by atoms with Gasteiger partial charge in [0.15, 0.2) is 5.78 Å². The minimum absolute atomic E-state index is 0.0102. The smallest absolute Gasteiger partial charge is 0.179 e. The van der Waals surface area contributed by atoms with Crippen LogP contribution in [0.2, 0.25) is 0 Å². The molecule has 0 saturated carbocycles. The summed E-state index contributed by atoms with van der Waals surface area (Å²) in [5.74, 6) is 1.11. The van der Waals surface area contributed by atoms with Gasteiger partial charge in [0.1, 0.15) is 5.75 Å². The van der Waals surface area contributed by atoms with Crippen molar-refractivity contribution in [2.45, 2.75) is 39.2 Å². The number of hydrogen-bond donors (Lipinski definition) is 1. The van der Waals surface area contributed by atoms with Crippen molar-refractivity contribution in [1.82, 2.24) is 10.2 Å². The maximum absolute atomic E-state index is 12.5. The van der Waals surface area contributed by atoms with E-state index in [9.17, 15) is 4.79 Å². The maximum Gasteiger partial charge on any atom is 0.179 e. The molecule has 1 saturated heterocycles. The van der Waals surface area contributed by atoms with E-state index in [0.29, 0.717) is 0 Å². The van der Waals surface area contributed by atoms with Crippen LogP contribution in [-0.2, 0) is 0 Å². The second kappa shape index (κ2) is 10.4. The van der Waals surface area contributed by atoms with Gasteiger partial charge in [0.25, 0.3) is 0 Å². The van der Waals surface area contributed by atoms with Gasteiger partial charge in [0.05, 0.1) is 12.6 Å². The molecule has 1 atom stereocenters. The van der Waals surface area contributed by atoms with E-state index in [1.165, 1.54) is 0 Å². The summed E-state index contributed by atoms with van der Waals surface area (Å²) in [7, 11) is 0. The molecule has 0 bridgehead atoms. The molecule has 0 aromatic heterocycles. The molecule has 1 unspecified atom stereocenters. The lowest BCUT2D eigenvalue weighted by atomic mass is 9.99. The summed E-state index contributed by atoms with van der Waals surface area (Å²) in [6.07, 6.45) is 3.06. The van der Waals surface area contributed by atoms with Crippen molar-refractivity contribution in [3.63, 3.8) is 0 Å². The third-order valence-electron chi connectivity index (χ3n) is 5.52. The highest BCUT2D eigenvalue weighted by molar-refractivity contribution is 6.00. The van der Waals surface area contributed by atoms with Crippen LogP contribution in [0, 0.1) is 0 Å². The van der Waals surface area contributed by atoms with Crippen LogP contribution in [0.3, 0.4) is 0 Å².